The summed E-state index contributed by atoms with van der Waals surface area (Å²) in [6.07, 6.45) is 0. The predicted molar refractivity (Wildman–Crippen MR) is 101 cm³/mol. The van der Waals surface area contributed by atoms with Crippen LogP contribution in [0, 0.1) is 0 Å². The normalized spacial score (nSPS) is 10.5. The van der Waals surface area contributed by atoms with Crippen molar-refractivity contribution < 1.29 is 9.59 Å². The molecular weight excluding hydrogens is 403 g/mol. The summed E-state index contributed by atoms with van der Waals surface area (Å²) in [6, 6.07) is 6.43. The van der Waals surface area contributed by atoms with Crippen LogP contribution < -0.4 is 10.6 Å². The third-order valence-electron chi connectivity index (χ3n) is 3.02. The van der Waals surface area contributed by atoms with Crippen molar-refractivity contribution in [2.45, 2.75) is 0 Å². The summed E-state index contributed by atoms with van der Waals surface area (Å²) in [7, 11) is 0. The van der Waals surface area contributed by atoms with Gasteiger partial charge in [0.2, 0.25) is 11.0 Å². The second-order valence-electron chi connectivity index (χ2n) is 4.78. The average Bonchev–Trinajstić information content (AvgIpc) is 3.23. The number of anilines is 1. The third-order valence-corrected chi connectivity index (χ3v) is 5.14. The molecule has 25 heavy (non-hydrogen) atoms. The van der Waals surface area contributed by atoms with Crippen molar-refractivity contribution in [1.82, 2.24) is 15.5 Å². The molecular formula is C15H10Cl2N4O2S2. The maximum Gasteiger partial charge on any atom is 0.253 e. The summed E-state index contributed by atoms with van der Waals surface area (Å²) in [5.41, 5.74) is 1.20. The number of nitrogens with one attached hydrogen (secondary N) is 2. The van der Waals surface area contributed by atoms with Gasteiger partial charge in [-0.15, -0.1) is 10.2 Å². The zero-order valence-corrected chi connectivity index (χ0v) is 15.6. The van der Waals surface area contributed by atoms with E-state index >= 15 is 0 Å². The lowest BCUT2D eigenvalue weighted by Crippen LogP contribution is -2.33. The van der Waals surface area contributed by atoms with Crippen LogP contribution in [0.3, 0.4) is 0 Å². The van der Waals surface area contributed by atoms with E-state index in [1.54, 1.807) is 17.4 Å². The smallest absolute Gasteiger partial charge is 0.253 e. The van der Waals surface area contributed by atoms with E-state index in [4.69, 9.17) is 23.2 Å². The van der Waals surface area contributed by atoms with E-state index in [2.05, 4.69) is 20.8 Å². The van der Waals surface area contributed by atoms with E-state index in [0.29, 0.717) is 15.2 Å². The summed E-state index contributed by atoms with van der Waals surface area (Å²) < 4.78 is 0. The Bertz CT molecular complexity index is 912. The van der Waals surface area contributed by atoms with Gasteiger partial charge in [-0.25, -0.2) is 0 Å². The molecule has 0 spiro atoms. The van der Waals surface area contributed by atoms with Gasteiger partial charge in [-0.2, -0.15) is 11.3 Å². The van der Waals surface area contributed by atoms with Gasteiger partial charge in [0.25, 0.3) is 5.91 Å². The first-order valence-corrected chi connectivity index (χ1v) is 9.43. The number of carbonyl (C=O) groups is 2. The van der Waals surface area contributed by atoms with Gasteiger partial charge >= 0.3 is 0 Å². The van der Waals surface area contributed by atoms with Crippen molar-refractivity contribution in [2.75, 3.05) is 11.9 Å². The fourth-order valence-electron chi connectivity index (χ4n) is 1.87. The molecule has 6 nitrogen and oxygen atoms in total. The van der Waals surface area contributed by atoms with E-state index < -0.39 is 11.8 Å². The van der Waals surface area contributed by atoms with Crippen LogP contribution in [0.4, 0.5) is 5.13 Å². The largest absolute Gasteiger partial charge is 0.343 e. The number of benzene rings is 1. The van der Waals surface area contributed by atoms with Gasteiger partial charge in [-0.05, 0) is 29.6 Å². The lowest BCUT2D eigenvalue weighted by atomic mass is 10.2. The number of rotatable bonds is 5. The van der Waals surface area contributed by atoms with Crippen molar-refractivity contribution in [3.8, 4) is 10.6 Å². The minimum atomic E-state index is -0.465. The van der Waals surface area contributed by atoms with E-state index in [-0.39, 0.29) is 17.1 Å². The molecule has 0 aliphatic rings. The zero-order chi connectivity index (χ0) is 17.8. The van der Waals surface area contributed by atoms with Crippen molar-refractivity contribution in [3.05, 3.63) is 50.6 Å². The molecule has 0 aliphatic carbocycles. The fourth-order valence-corrected chi connectivity index (χ4v) is 3.84. The van der Waals surface area contributed by atoms with Crippen LogP contribution in [0.5, 0.6) is 0 Å². The molecule has 0 atom stereocenters. The van der Waals surface area contributed by atoms with Gasteiger partial charge in [0.05, 0.1) is 17.1 Å². The number of nitrogens with zero attached hydrogens (tertiary/aromatic N) is 2. The lowest BCUT2D eigenvalue weighted by Gasteiger charge is -2.06. The van der Waals surface area contributed by atoms with Gasteiger partial charge in [0.1, 0.15) is 5.01 Å². The van der Waals surface area contributed by atoms with Gasteiger partial charge < -0.3 is 5.32 Å². The number of halogens is 2. The molecule has 3 aromatic rings. The Kier molecular flexibility index (Phi) is 5.64. The zero-order valence-electron chi connectivity index (χ0n) is 12.5. The monoisotopic (exact) mass is 412 g/mol. The quantitative estimate of drug-likeness (QED) is 0.664. The Morgan fingerprint density at radius 3 is 2.72 bits per heavy atom. The molecule has 0 fully saturated rings. The maximum absolute atomic E-state index is 12.1. The molecule has 2 amide bonds. The van der Waals surface area contributed by atoms with Crippen LogP contribution in [-0.4, -0.2) is 28.6 Å². The van der Waals surface area contributed by atoms with Crippen molar-refractivity contribution in [3.63, 3.8) is 0 Å². The Labute approximate surface area is 160 Å². The Morgan fingerprint density at radius 2 is 2.00 bits per heavy atom. The number of hydrogen-bond acceptors (Lipinski definition) is 6. The minimum absolute atomic E-state index is 0.217. The van der Waals surface area contributed by atoms with Crippen LogP contribution in [-0.2, 0) is 4.79 Å². The lowest BCUT2D eigenvalue weighted by molar-refractivity contribution is -0.115. The van der Waals surface area contributed by atoms with E-state index in [9.17, 15) is 9.59 Å². The topological polar surface area (TPSA) is 84.0 Å². The highest BCUT2D eigenvalue weighted by Crippen LogP contribution is 2.27. The molecule has 10 heteroatoms. The Morgan fingerprint density at radius 1 is 1.16 bits per heavy atom. The Hall–Kier alpha value is -2.00. The SMILES string of the molecule is O=C(CNC(=O)c1ccc(Cl)cc1Cl)Nc1nnc(-c2ccsc2)s1. The molecule has 0 aliphatic heterocycles. The number of hydrogen-bond donors (Lipinski definition) is 2. The summed E-state index contributed by atoms with van der Waals surface area (Å²) in [6.45, 7) is -0.217. The van der Waals surface area contributed by atoms with Crippen molar-refractivity contribution in [2.24, 2.45) is 0 Å². The van der Waals surface area contributed by atoms with Crippen LogP contribution >= 0.6 is 45.9 Å². The molecule has 2 aromatic heterocycles. The van der Waals surface area contributed by atoms with Crippen molar-refractivity contribution in [1.29, 1.82) is 0 Å². The first-order valence-electron chi connectivity index (χ1n) is 6.92. The van der Waals surface area contributed by atoms with Gasteiger partial charge in [-0.3, -0.25) is 14.9 Å². The molecule has 0 saturated heterocycles. The second kappa shape index (κ2) is 7.92. The van der Waals surface area contributed by atoms with E-state index in [0.717, 1.165) is 5.56 Å². The van der Waals surface area contributed by atoms with Crippen molar-refractivity contribution >= 4 is 62.8 Å². The number of carbonyl (C=O) groups excluding carboxylic acids is 2. The molecule has 0 saturated carbocycles. The number of aromatic nitrogens is 2. The summed E-state index contributed by atoms with van der Waals surface area (Å²) in [5, 5.41) is 18.6. The number of thiophene rings is 1. The average molecular weight is 413 g/mol. The highest BCUT2D eigenvalue weighted by atomic mass is 35.5. The van der Waals surface area contributed by atoms with E-state index in [1.165, 1.54) is 23.5 Å². The predicted octanol–water partition coefficient (Wildman–Crippen LogP) is 3.94. The minimum Gasteiger partial charge on any atom is -0.343 e. The number of amides is 2. The van der Waals surface area contributed by atoms with Crippen LogP contribution in [0.25, 0.3) is 10.6 Å². The van der Waals surface area contributed by atoms with Crippen LogP contribution in [0.15, 0.2) is 35.0 Å². The third kappa shape index (κ3) is 4.55. The molecule has 3 rings (SSSR count). The van der Waals surface area contributed by atoms with Crippen LogP contribution in [0.2, 0.25) is 10.0 Å². The highest BCUT2D eigenvalue weighted by molar-refractivity contribution is 7.19. The first-order chi connectivity index (χ1) is 12.0. The summed E-state index contributed by atoms with van der Waals surface area (Å²) in [5.74, 6) is -0.875. The van der Waals surface area contributed by atoms with Gasteiger partial charge in [0, 0.05) is 16.0 Å². The fraction of sp³-hybridized carbons (Fsp3) is 0.0667. The Balaban J connectivity index is 1.55. The maximum atomic E-state index is 12.1. The second-order valence-corrected chi connectivity index (χ2v) is 7.38. The molecule has 0 bridgehead atoms. The molecule has 128 valence electrons. The standard InChI is InChI=1S/C15H10Cl2N4O2S2/c16-9-1-2-10(11(17)5-9)13(23)18-6-12(22)19-15-21-20-14(25-15)8-3-4-24-7-8/h1-5,7H,6H2,(H,18,23)(H,19,21,22). The van der Waals surface area contributed by atoms with Crippen LogP contribution in [0.1, 0.15) is 10.4 Å². The highest BCUT2D eigenvalue weighted by Gasteiger charge is 2.14. The first kappa shape index (κ1) is 17.8. The summed E-state index contributed by atoms with van der Waals surface area (Å²) in [4.78, 5) is 24.0. The van der Waals surface area contributed by atoms with Gasteiger partial charge in [-0.1, -0.05) is 34.5 Å². The van der Waals surface area contributed by atoms with Gasteiger partial charge in [0.15, 0.2) is 0 Å². The molecule has 0 unspecified atom stereocenters. The molecule has 0 radical (unpaired) electrons. The molecule has 1 aromatic carbocycles. The molecule has 2 N–H and O–H groups in total. The van der Waals surface area contributed by atoms with E-state index in [1.807, 2.05) is 16.8 Å². The molecule has 2 heterocycles. The summed E-state index contributed by atoms with van der Waals surface area (Å²) >= 11 is 14.6.